The van der Waals surface area contributed by atoms with Crippen LogP contribution < -0.4 is 14.8 Å². The Morgan fingerprint density at radius 3 is 2.39 bits per heavy atom. The molecule has 2 heterocycles. The van der Waals surface area contributed by atoms with Crippen LogP contribution in [0.4, 0.5) is 36.4 Å². The van der Waals surface area contributed by atoms with Crippen LogP contribution in [-0.4, -0.2) is 66.2 Å². The zero-order valence-electron chi connectivity index (χ0n) is 22.7. The molecule has 44 heavy (non-hydrogen) atoms. The van der Waals surface area contributed by atoms with Crippen molar-refractivity contribution in [1.82, 2.24) is 9.80 Å². The number of anilines is 1. The smallest absolute Gasteiger partial charge is 0.483 e. The summed E-state index contributed by atoms with van der Waals surface area (Å²) in [6, 6.07) is 8.22. The highest BCUT2D eigenvalue weighted by Crippen LogP contribution is 2.35. The number of benzene rings is 3. The quantitative estimate of drug-likeness (QED) is 0.384. The molecule has 1 saturated heterocycles. The van der Waals surface area contributed by atoms with Gasteiger partial charge in [-0.3, -0.25) is 14.4 Å². The van der Waals surface area contributed by atoms with E-state index in [0.29, 0.717) is 6.07 Å². The third kappa shape index (κ3) is 6.55. The Morgan fingerprint density at radius 1 is 0.955 bits per heavy atom. The molecular weight excluding hydrogens is 603 g/mol. The van der Waals surface area contributed by atoms with E-state index in [9.17, 15) is 45.1 Å². The molecule has 3 amide bonds. The third-order valence-electron chi connectivity index (χ3n) is 7.09. The zero-order valence-corrected chi connectivity index (χ0v) is 22.7. The molecule has 8 nitrogen and oxygen atoms in total. The van der Waals surface area contributed by atoms with Crippen molar-refractivity contribution in [3.63, 3.8) is 0 Å². The number of nitrogens with one attached hydrogen (secondary N) is 1. The molecule has 15 heteroatoms. The SMILES string of the molecule is Cc1cc(OC(F)(F)F)ccc1OCC(=O)N1CCN2C(=O)c3cc(-c4cc(F)cc(C(F)(F)F)c4)ccc3NC(=O)[C@@H]2C1. The fraction of sp³-hybridized carbons (Fsp3) is 0.276. The molecule has 1 fully saturated rings. The van der Waals surface area contributed by atoms with Crippen molar-refractivity contribution in [3.05, 3.63) is 77.1 Å². The highest BCUT2D eigenvalue weighted by molar-refractivity contribution is 6.10. The van der Waals surface area contributed by atoms with E-state index in [1.807, 2.05) is 0 Å². The molecule has 1 N–H and O–H groups in total. The van der Waals surface area contributed by atoms with E-state index in [0.717, 1.165) is 24.3 Å². The average Bonchev–Trinajstić information content (AvgIpc) is 3.04. The molecule has 1 atom stereocenters. The molecule has 0 unspecified atom stereocenters. The Balaban J connectivity index is 1.29. The van der Waals surface area contributed by atoms with Gasteiger partial charge in [0.25, 0.3) is 11.8 Å². The van der Waals surface area contributed by atoms with E-state index in [4.69, 9.17) is 4.74 Å². The van der Waals surface area contributed by atoms with E-state index < -0.39 is 60.0 Å². The van der Waals surface area contributed by atoms with E-state index in [1.165, 1.54) is 41.0 Å². The van der Waals surface area contributed by atoms with Crippen molar-refractivity contribution < 1.29 is 54.6 Å². The number of rotatable bonds is 5. The van der Waals surface area contributed by atoms with E-state index >= 15 is 0 Å². The van der Waals surface area contributed by atoms with Gasteiger partial charge in [-0.15, -0.1) is 13.2 Å². The van der Waals surface area contributed by atoms with E-state index in [2.05, 4.69) is 10.1 Å². The molecular formula is C29H22F7N3O5. The maximum absolute atomic E-state index is 14.0. The van der Waals surface area contributed by atoms with Gasteiger partial charge in [-0.2, -0.15) is 13.2 Å². The molecule has 2 aliphatic rings. The van der Waals surface area contributed by atoms with Gasteiger partial charge in [0, 0.05) is 13.1 Å². The minimum atomic E-state index is -4.87. The predicted octanol–water partition coefficient (Wildman–Crippen LogP) is 5.40. The lowest BCUT2D eigenvalue weighted by molar-refractivity contribution is -0.274. The van der Waals surface area contributed by atoms with Crippen molar-refractivity contribution in [2.45, 2.75) is 25.5 Å². The first-order valence-electron chi connectivity index (χ1n) is 13.0. The number of nitrogens with zero attached hydrogens (tertiary/aromatic N) is 2. The predicted molar refractivity (Wildman–Crippen MR) is 140 cm³/mol. The van der Waals surface area contributed by atoms with Gasteiger partial charge in [-0.25, -0.2) is 4.39 Å². The lowest BCUT2D eigenvalue weighted by Gasteiger charge is -2.39. The van der Waals surface area contributed by atoms with Crippen molar-refractivity contribution in [1.29, 1.82) is 0 Å². The van der Waals surface area contributed by atoms with Crippen molar-refractivity contribution in [3.8, 4) is 22.6 Å². The summed E-state index contributed by atoms with van der Waals surface area (Å²) in [7, 11) is 0. The van der Waals surface area contributed by atoms with Crippen LogP contribution in [-0.2, 0) is 15.8 Å². The Bertz CT molecular complexity index is 1640. The Labute approximate surface area is 244 Å². The summed E-state index contributed by atoms with van der Waals surface area (Å²) in [5, 5.41) is 2.61. The van der Waals surface area contributed by atoms with Crippen LogP contribution in [0.2, 0.25) is 0 Å². The topological polar surface area (TPSA) is 88.2 Å². The summed E-state index contributed by atoms with van der Waals surface area (Å²) >= 11 is 0. The molecule has 0 radical (unpaired) electrons. The summed E-state index contributed by atoms with van der Waals surface area (Å²) in [5.74, 6) is -3.19. The van der Waals surface area contributed by atoms with Gasteiger partial charge in [-0.05, 0) is 72.1 Å². The lowest BCUT2D eigenvalue weighted by atomic mass is 9.99. The molecule has 3 aromatic carbocycles. The lowest BCUT2D eigenvalue weighted by Crippen LogP contribution is -2.60. The standard InChI is InChI=1S/C29H22F7N3O5/c1-15-8-20(44-29(34,35)36)3-5-24(15)43-14-25(40)38-6-7-39-23(13-38)26(41)37-22-4-2-16(11-21(22)27(39)42)17-9-18(28(31,32)33)12-19(30)10-17/h2-5,8-12,23H,6-7,13-14H2,1H3,(H,37,41)/t23-/m0/s1. The number of amides is 3. The summed E-state index contributed by atoms with van der Waals surface area (Å²) in [6.45, 7) is 0.725. The second kappa shape index (κ2) is 11.4. The number of carbonyl (C=O) groups is 3. The minimum absolute atomic E-state index is 0.0168. The second-order valence-corrected chi connectivity index (χ2v) is 10.1. The van der Waals surface area contributed by atoms with Crippen molar-refractivity contribution in [2.75, 3.05) is 31.6 Å². The van der Waals surface area contributed by atoms with Crippen LogP contribution in [0, 0.1) is 12.7 Å². The fourth-order valence-corrected chi connectivity index (χ4v) is 4.99. The number of fused-ring (bicyclic) bond motifs is 2. The molecule has 232 valence electrons. The van der Waals surface area contributed by atoms with Gasteiger partial charge in [0.1, 0.15) is 23.4 Å². The maximum Gasteiger partial charge on any atom is 0.573 e. The Hall–Kier alpha value is -4.82. The maximum atomic E-state index is 14.0. The van der Waals surface area contributed by atoms with Crippen LogP contribution in [0.3, 0.4) is 0 Å². The monoisotopic (exact) mass is 625 g/mol. The number of carbonyl (C=O) groups excluding carboxylic acids is 3. The van der Waals surface area contributed by atoms with Gasteiger partial charge in [0.05, 0.1) is 23.4 Å². The minimum Gasteiger partial charge on any atom is -0.483 e. The van der Waals surface area contributed by atoms with Gasteiger partial charge in [-0.1, -0.05) is 6.07 Å². The Kier molecular flexibility index (Phi) is 7.90. The second-order valence-electron chi connectivity index (χ2n) is 10.1. The molecule has 5 rings (SSSR count). The van der Waals surface area contributed by atoms with Crippen molar-refractivity contribution >= 4 is 23.4 Å². The average molecular weight is 625 g/mol. The van der Waals surface area contributed by atoms with Gasteiger partial charge in [0.2, 0.25) is 5.91 Å². The number of hydrogen-bond acceptors (Lipinski definition) is 5. The zero-order chi connectivity index (χ0) is 32.0. The first kappa shape index (κ1) is 30.6. The first-order valence-corrected chi connectivity index (χ1v) is 13.0. The summed E-state index contributed by atoms with van der Waals surface area (Å²) < 4.78 is 100. The van der Waals surface area contributed by atoms with Crippen LogP contribution >= 0.6 is 0 Å². The normalized spacial score (nSPS) is 17.0. The van der Waals surface area contributed by atoms with E-state index in [1.54, 1.807) is 0 Å². The van der Waals surface area contributed by atoms with Crippen LogP contribution in [0.5, 0.6) is 11.5 Å². The number of ether oxygens (including phenoxy) is 2. The highest BCUT2D eigenvalue weighted by atomic mass is 19.4. The first-order chi connectivity index (χ1) is 20.6. The molecule has 0 aliphatic carbocycles. The fourth-order valence-electron chi connectivity index (χ4n) is 4.99. The summed E-state index contributed by atoms with van der Waals surface area (Å²) in [4.78, 5) is 42.1. The largest absolute Gasteiger partial charge is 0.573 e. The van der Waals surface area contributed by atoms with Crippen molar-refractivity contribution in [2.24, 2.45) is 0 Å². The van der Waals surface area contributed by atoms with Gasteiger partial charge < -0.3 is 24.6 Å². The number of hydrogen-bond donors (Lipinski definition) is 1. The molecule has 0 bridgehead atoms. The van der Waals surface area contributed by atoms with Crippen LogP contribution in [0.25, 0.3) is 11.1 Å². The summed E-state index contributed by atoms with van der Waals surface area (Å²) in [5.41, 5.74) is -0.840. The number of alkyl halides is 6. The molecule has 2 aliphatic heterocycles. The van der Waals surface area contributed by atoms with Crippen LogP contribution in [0.15, 0.2) is 54.6 Å². The molecule has 0 spiro atoms. The third-order valence-corrected chi connectivity index (χ3v) is 7.09. The van der Waals surface area contributed by atoms with Crippen LogP contribution in [0.1, 0.15) is 21.5 Å². The number of piperazine rings is 1. The van der Waals surface area contributed by atoms with E-state index in [-0.39, 0.29) is 53.3 Å². The number of halogens is 7. The molecule has 3 aromatic rings. The van der Waals surface area contributed by atoms with Gasteiger partial charge in [0.15, 0.2) is 6.61 Å². The number of aryl methyl sites for hydroxylation is 1. The molecule has 0 aromatic heterocycles. The molecule has 0 saturated carbocycles. The van der Waals surface area contributed by atoms with Gasteiger partial charge >= 0.3 is 12.5 Å². The Morgan fingerprint density at radius 2 is 1.70 bits per heavy atom. The highest BCUT2D eigenvalue weighted by Gasteiger charge is 2.41. The summed E-state index contributed by atoms with van der Waals surface area (Å²) in [6.07, 6.45) is -9.67.